The Morgan fingerprint density at radius 1 is 1.38 bits per heavy atom. The number of fused-ring (bicyclic) bond motifs is 1. The molecule has 1 aliphatic heterocycles. The Morgan fingerprint density at radius 2 is 2.10 bits per heavy atom. The van der Waals surface area contributed by atoms with Crippen molar-refractivity contribution in [2.24, 2.45) is 0 Å². The summed E-state index contributed by atoms with van der Waals surface area (Å²) >= 11 is 0. The highest BCUT2D eigenvalue weighted by molar-refractivity contribution is 5.68. The van der Waals surface area contributed by atoms with Gasteiger partial charge in [-0.15, -0.1) is 0 Å². The minimum atomic E-state index is -0.830. The summed E-state index contributed by atoms with van der Waals surface area (Å²) in [5, 5.41) is 9.19. The fourth-order valence-corrected chi connectivity index (χ4v) is 2.63. The molecule has 1 atom stereocenters. The van der Waals surface area contributed by atoms with Gasteiger partial charge < -0.3 is 19.3 Å². The number of methoxy groups -OCH3 is 1. The monoisotopic (exact) mass is 295 g/mol. The first-order chi connectivity index (χ1) is 10.1. The van der Waals surface area contributed by atoms with E-state index in [0.717, 1.165) is 18.7 Å². The smallest absolute Gasteiger partial charge is 0.305 e. The highest BCUT2D eigenvalue weighted by atomic mass is 16.7. The SMILES string of the molecule is CCN(CC)C(CC(=O)O)c1cc(OC)c2c(c1)OCO2. The lowest BCUT2D eigenvalue weighted by atomic mass is 10.0. The predicted molar refractivity (Wildman–Crippen MR) is 77.0 cm³/mol. The molecule has 21 heavy (non-hydrogen) atoms. The lowest BCUT2D eigenvalue weighted by molar-refractivity contribution is -0.138. The van der Waals surface area contributed by atoms with Gasteiger partial charge in [-0.25, -0.2) is 0 Å². The molecule has 6 heteroatoms. The van der Waals surface area contributed by atoms with Gasteiger partial charge in [0.15, 0.2) is 11.5 Å². The summed E-state index contributed by atoms with van der Waals surface area (Å²) < 4.78 is 16.1. The van der Waals surface area contributed by atoms with E-state index in [0.29, 0.717) is 17.2 Å². The number of benzene rings is 1. The van der Waals surface area contributed by atoms with Crippen LogP contribution in [0.1, 0.15) is 31.9 Å². The third-order valence-electron chi connectivity index (χ3n) is 3.69. The molecule has 0 bridgehead atoms. The first-order valence-electron chi connectivity index (χ1n) is 7.04. The molecule has 0 spiro atoms. The second-order valence-corrected chi connectivity index (χ2v) is 4.79. The average molecular weight is 295 g/mol. The molecule has 0 fully saturated rings. The second kappa shape index (κ2) is 6.67. The van der Waals surface area contributed by atoms with Crippen molar-refractivity contribution in [3.05, 3.63) is 17.7 Å². The van der Waals surface area contributed by atoms with Crippen molar-refractivity contribution in [1.29, 1.82) is 0 Å². The molecule has 0 aromatic heterocycles. The molecule has 0 amide bonds. The molecule has 1 aromatic rings. The van der Waals surface area contributed by atoms with Crippen molar-refractivity contribution in [1.82, 2.24) is 4.90 Å². The number of carboxylic acid groups (broad SMARTS) is 1. The van der Waals surface area contributed by atoms with E-state index < -0.39 is 5.97 Å². The molecule has 0 saturated carbocycles. The minimum absolute atomic E-state index is 0.0322. The molecule has 0 radical (unpaired) electrons. The van der Waals surface area contributed by atoms with Crippen LogP contribution < -0.4 is 14.2 Å². The van der Waals surface area contributed by atoms with E-state index in [2.05, 4.69) is 4.90 Å². The summed E-state index contributed by atoms with van der Waals surface area (Å²) in [6, 6.07) is 3.46. The summed E-state index contributed by atoms with van der Waals surface area (Å²) in [4.78, 5) is 13.3. The van der Waals surface area contributed by atoms with Crippen molar-refractivity contribution in [2.75, 3.05) is 27.0 Å². The Hall–Kier alpha value is -1.95. The van der Waals surface area contributed by atoms with Crippen molar-refractivity contribution in [2.45, 2.75) is 26.3 Å². The van der Waals surface area contributed by atoms with Gasteiger partial charge in [0, 0.05) is 6.04 Å². The molecule has 1 unspecified atom stereocenters. The Labute approximate surface area is 124 Å². The number of aliphatic carboxylic acids is 1. The summed E-state index contributed by atoms with van der Waals surface area (Å²) in [5.74, 6) is 0.924. The number of ether oxygens (including phenoxy) is 3. The van der Waals surface area contributed by atoms with Gasteiger partial charge in [0.05, 0.1) is 13.5 Å². The van der Waals surface area contributed by atoms with Crippen LogP contribution >= 0.6 is 0 Å². The van der Waals surface area contributed by atoms with Crippen molar-refractivity contribution in [3.63, 3.8) is 0 Å². The molecule has 6 nitrogen and oxygen atoms in total. The minimum Gasteiger partial charge on any atom is -0.493 e. The van der Waals surface area contributed by atoms with Gasteiger partial charge in [0.1, 0.15) is 0 Å². The zero-order valence-electron chi connectivity index (χ0n) is 12.6. The third kappa shape index (κ3) is 3.21. The van der Waals surface area contributed by atoms with Crippen LogP contribution in [-0.2, 0) is 4.79 Å². The maximum atomic E-state index is 11.2. The van der Waals surface area contributed by atoms with Crippen LogP contribution in [0.5, 0.6) is 17.2 Å². The van der Waals surface area contributed by atoms with Crippen molar-refractivity contribution < 1.29 is 24.1 Å². The Kier molecular flexibility index (Phi) is 4.90. The van der Waals surface area contributed by atoms with Crippen LogP contribution in [0.25, 0.3) is 0 Å². The molecule has 116 valence electrons. The average Bonchev–Trinajstić information content (AvgIpc) is 2.94. The molecule has 0 saturated heterocycles. The first-order valence-corrected chi connectivity index (χ1v) is 7.04. The van der Waals surface area contributed by atoms with Gasteiger partial charge in [-0.2, -0.15) is 0 Å². The van der Waals surface area contributed by atoms with Crippen molar-refractivity contribution in [3.8, 4) is 17.2 Å². The van der Waals surface area contributed by atoms with Gasteiger partial charge >= 0.3 is 5.97 Å². The zero-order valence-corrected chi connectivity index (χ0v) is 12.6. The Morgan fingerprint density at radius 3 is 2.67 bits per heavy atom. The molecular weight excluding hydrogens is 274 g/mol. The van der Waals surface area contributed by atoms with E-state index in [4.69, 9.17) is 14.2 Å². The van der Waals surface area contributed by atoms with E-state index in [1.165, 1.54) is 0 Å². The molecular formula is C15H21NO5. The molecule has 2 rings (SSSR count). The largest absolute Gasteiger partial charge is 0.493 e. The van der Waals surface area contributed by atoms with Gasteiger partial charge in [0.2, 0.25) is 12.5 Å². The summed E-state index contributed by atoms with van der Waals surface area (Å²) in [6.07, 6.45) is 0.0322. The van der Waals surface area contributed by atoms with E-state index >= 15 is 0 Å². The maximum Gasteiger partial charge on any atom is 0.305 e. The Balaban J connectivity index is 2.41. The fourth-order valence-electron chi connectivity index (χ4n) is 2.63. The van der Waals surface area contributed by atoms with E-state index in [-0.39, 0.29) is 19.3 Å². The summed E-state index contributed by atoms with van der Waals surface area (Å²) in [7, 11) is 1.56. The first kappa shape index (κ1) is 15.4. The lowest BCUT2D eigenvalue weighted by Crippen LogP contribution is -2.30. The van der Waals surface area contributed by atoms with Crippen LogP contribution in [0.3, 0.4) is 0 Å². The van der Waals surface area contributed by atoms with E-state index in [1.807, 2.05) is 26.0 Å². The van der Waals surface area contributed by atoms with Crippen LogP contribution in [-0.4, -0.2) is 43.0 Å². The number of rotatable bonds is 7. The quantitative estimate of drug-likeness (QED) is 0.832. The summed E-state index contributed by atoms with van der Waals surface area (Å²) in [5.41, 5.74) is 0.863. The number of hydrogen-bond donors (Lipinski definition) is 1. The number of hydrogen-bond acceptors (Lipinski definition) is 5. The highest BCUT2D eigenvalue weighted by Crippen LogP contribution is 2.44. The topological polar surface area (TPSA) is 68.2 Å². The van der Waals surface area contributed by atoms with Crippen molar-refractivity contribution >= 4 is 5.97 Å². The number of carbonyl (C=O) groups is 1. The molecule has 1 aliphatic rings. The van der Waals surface area contributed by atoms with Gasteiger partial charge in [-0.05, 0) is 30.8 Å². The highest BCUT2D eigenvalue weighted by Gasteiger charge is 2.26. The van der Waals surface area contributed by atoms with Crippen LogP contribution in [0, 0.1) is 0 Å². The molecule has 1 heterocycles. The predicted octanol–water partition coefficient (Wildman–Crippen LogP) is 2.28. The van der Waals surface area contributed by atoms with Crippen LogP contribution in [0.4, 0.5) is 0 Å². The van der Waals surface area contributed by atoms with Gasteiger partial charge in [-0.1, -0.05) is 13.8 Å². The molecule has 1 N–H and O–H groups in total. The van der Waals surface area contributed by atoms with Crippen LogP contribution in [0.15, 0.2) is 12.1 Å². The molecule has 0 aliphatic carbocycles. The third-order valence-corrected chi connectivity index (χ3v) is 3.69. The normalized spacial score (nSPS) is 14.3. The molecule has 1 aromatic carbocycles. The maximum absolute atomic E-state index is 11.2. The van der Waals surface area contributed by atoms with E-state index in [9.17, 15) is 9.90 Å². The van der Waals surface area contributed by atoms with Crippen LogP contribution in [0.2, 0.25) is 0 Å². The van der Waals surface area contributed by atoms with Gasteiger partial charge in [0.25, 0.3) is 0 Å². The fraction of sp³-hybridized carbons (Fsp3) is 0.533. The Bertz CT molecular complexity index is 513. The number of nitrogens with zero attached hydrogens (tertiary/aromatic N) is 1. The summed E-state index contributed by atoms with van der Waals surface area (Å²) in [6.45, 7) is 5.73. The van der Waals surface area contributed by atoms with E-state index in [1.54, 1.807) is 7.11 Å². The second-order valence-electron chi connectivity index (χ2n) is 4.79. The standard InChI is InChI=1S/C15H21NO5/c1-4-16(5-2)11(8-14(17)18)10-6-12(19-3)15-13(7-10)20-9-21-15/h6-7,11H,4-5,8-9H2,1-3H3,(H,17,18). The zero-order chi connectivity index (χ0) is 15.4. The van der Waals surface area contributed by atoms with Gasteiger partial charge in [-0.3, -0.25) is 9.69 Å². The number of carboxylic acids is 1. The lowest BCUT2D eigenvalue weighted by Gasteiger charge is -2.29.